The Labute approximate surface area is 107 Å². The maximum absolute atomic E-state index is 11.5. The smallest absolute Gasteiger partial charge is 0.295 e. The van der Waals surface area contributed by atoms with E-state index in [4.69, 9.17) is 4.74 Å². The summed E-state index contributed by atoms with van der Waals surface area (Å²) in [5, 5.41) is 3.34. The molecule has 0 saturated carbocycles. The van der Waals surface area contributed by atoms with Crippen LogP contribution in [0.4, 0.5) is 5.82 Å². The van der Waals surface area contributed by atoms with Gasteiger partial charge in [0.15, 0.2) is 5.82 Å². The number of anilines is 1. The molecular formula is C12H22N4O2. The fourth-order valence-corrected chi connectivity index (χ4v) is 1.58. The Hall–Kier alpha value is -1.56. The highest BCUT2D eigenvalue weighted by Crippen LogP contribution is 2.17. The first kappa shape index (κ1) is 14.5. The summed E-state index contributed by atoms with van der Waals surface area (Å²) in [7, 11) is 3.36. The predicted molar refractivity (Wildman–Crippen MR) is 72.4 cm³/mol. The van der Waals surface area contributed by atoms with Crippen LogP contribution >= 0.6 is 0 Å². The van der Waals surface area contributed by atoms with Gasteiger partial charge in [0.25, 0.3) is 5.56 Å². The lowest BCUT2D eigenvalue weighted by molar-refractivity contribution is 0.406. The summed E-state index contributed by atoms with van der Waals surface area (Å²) in [5.41, 5.74) is -0.260. The summed E-state index contributed by atoms with van der Waals surface area (Å²) in [5.74, 6) is 1.44. The molecule has 102 valence electrons. The average molecular weight is 254 g/mol. The van der Waals surface area contributed by atoms with Crippen LogP contribution in [0, 0.1) is 5.92 Å². The number of ether oxygens (including phenoxy) is 1. The molecule has 0 bridgehead atoms. The van der Waals surface area contributed by atoms with Gasteiger partial charge in [0.2, 0.25) is 5.75 Å². The van der Waals surface area contributed by atoms with Crippen molar-refractivity contribution in [2.45, 2.75) is 13.8 Å². The van der Waals surface area contributed by atoms with Gasteiger partial charge in [-0.15, -0.1) is 0 Å². The molecule has 1 aromatic rings. The number of H-pyrrole nitrogens is 1. The van der Waals surface area contributed by atoms with Crippen molar-refractivity contribution in [1.82, 2.24) is 15.3 Å². The van der Waals surface area contributed by atoms with Crippen molar-refractivity contribution < 1.29 is 4.74 Å². The molecule has 0 spiro atoms. The third-order valence-corrected chi connectivity index (χ3v) is 2.53. The van der Waals surface area contributed by atoms with Crippen LogP contribution in [0.2, 0.25) is 0 Å². The number of nitrogens with zero attached hydrogens (tertiary/aromatic N) is 2. The van der Waals surface area contributed by atoms with E-state index >= 15 is 0 Å². The number of aromatic nitrogens is 2. The van der Waals surface area contributed by atoms with Gasteiger partial charge in [-0.2, -0.15) is 0 Å². The fraction of sp³-hybridized carbons (Fsp3) is 0.667. The zero-order valence-corrected chi connectivity index (χ0v) is 11.5. The van der Waals surface area contributed by atoms with Crippen molar-refractivity contribution in [3.05, 3.63) is 16.7 Å². The van der Waals surface area contributed by atoms with Gasteiger partial charge in [0, 0.05) is 20.1 Å². The van der Waals surface area contributed by atoms with Gasteiger partial charge in [0.05, 0.1) is 13.4 Å². The lowest BCUT2D eigenvalue weighted by Crippen LogP contribution is -2.32. The molecule has 1 heterocycles. The maximum Gasteiger partial charge on any atom is 0.295 e. The molecule has 0 aliphatic carbocycles. The molecule has 2 N–H and O–H groups in total. The Balaban J connectivity index is 2.59. The topological polar surface area (TPSA) is 70.2 Å². The summed E-state index contributed by atoms with van der Waals surface area (Å²) in [4.78, 5) is 20.1. The number of hydrogen-bond acceptors (Lipinski definition) is 5. The number of hydrogen-bond donors (Lipinski definition) is 2. The Morgan fingerprint density at radius 2 is 2.28 bits per heavy atom. The standard InChI is InChI=1S/C12H22N4O2/c1-9(2)7-13-5-6-16(3)11-10(18-4)12(17)15-8-14-11/h8-9,13H,5-7H2,1-4H3,(H,14,15,17). The zero-order valence-electron chi connectivity index (χ0n) is 11.5. The largest absolute Gasteiger partial charge is 0.489 e. The van der Waals surface area contributed by atoms with Crippen LogP contribution < -0.4 is 20.5 Å². The fourth-order valence-electron chi connectivity index (χ4n) is 1.58. The van der Waals surface area contributed by atoms with Gasteiger partial charge >= 0.3 is 0 Å². The number of nitrogens with one attached hydrogen (secondary N) is 2. The lowest BCUT2D eigenvalue weighted by Gasteiger charge is -2.20. The Kier molecular flexibility index (Phi) is 5.64. The van der Waals surface area contributed by atoms with Crippen molar-refractivity contribution >= 4 is 5.82 Å². The normalized spacial score (nSPS) is 10.7. The van der Waals surface area contributed by atoms with Crippen LogP contribution in [0.5, 0.6) is 5.75 Å². The molecule has 18 heavy (non-hydrogen) atoms. The first-order valence-electron chi connectivity index (χ1n) is 6.09. The van der Waals surface area contributed by atoms with Gasteiger partial charge in [-0.3, -0.25) is 4.79 Å². The SMILES string of the molecule is COc1c(N(C)CCNCC(C)C)nc[nH]c1=O. The number of methoxy groups -OCH3 is 1. The predicted octanol–water partition coefficient (Wildman–Crippen LogP) is 0.460. The molecule has 1 rings (SSSR count). The Bertz CT molecular complexity index is 417. The number of aromatic amines is 1. The molecule has 6 heteroatoms. The molecule has 0 fully saturated rings. The Morgan fingerprint density at radius 1 is 1.56 bits per heavy atom. The van der Waals surface area contributed by atoms with Gasteiger partial charge in [-0.05, 0) is 12.5 Å². The van der Waals surface area contributed by atoms with E-state index in [9.17, 15) is 4.79 Å². The van der Waals surface area contributed by atoms with E-state index in [1.54, 1.807) is 0 Å². The van der Waals surface area contributed by atoms with Crippen LogP contribution in [-0.4, -0.2) is 43.8 Å². The molecular weight excluding hydrogens is 232 g/mol. The summed E-state index contributed by atoms with van der Waals surface area (Å²) in [6.07, 6.45) is 1.39. The van der Waals surface area contributed by atoms with Crippen molar-refractivity contribution in [2.24, 2.45) is 5.92 Å². The first-order valence-corrected chi connectivity index (χ1v) is 6.09. The molecule has 6 nitrogen and oxygen atoms in total. The molecule has 0 atom stereocenters. The molecule has 0 saturated heterocycles. The monoisotopic (exact) mass is 254 g/mol. The number of likely N-dealkylation sites (N-methyl/N-ethyl adjacent to an activating group) is 1. The van der Waals surface area contributed by atoms with E-state index in [-0.39, 0.29) is 11.3 Å². The van der Waals surface area contributed by atoms with E-state index in [1.165, 1.54) is 13.4 Å². The minimum absolute atomic E-state index is 0.254. The van der Waals surface area contributed by atoms with Crippen molar-refractivity contribution in [2.75, 3.05) is 38.7 Å². The third-order valence-electron chi connectivity index (χ3n) is 2.53. The van der Waals surface area contributed by atoms with Crippen LogP contribution in [0.25, 0.3) is 0 Å². The molecule has 0 aromatic carbocycles. The molecule has 1 aromatic heterocycles. The van der Waals surface area contributed by atoms with E-state index in [1.807, 2.05) is 11.9 Å². The van der Waals surface area contributed by atoms with Gasteiger partial charge < -0.3 is 19.9 Å². The second-order valence-corrected chi connectivity index (χ2v) is 4.61. The maximum atomic E-state index is 11.5. The number of rotatable bonds is 7. The van der Waals surface area contributed by atoms with Gasteiger partial charge in [-0.25, -0.2) is 4.98 Å². The van der Waals surface area contributed by atoms with Crippen molar-refractivity contribution in [3.63, 3.8) is 0 Å². The average Bonchev–Trinajstić information content (AvgIpc) is 2.33. The van der Waals surface area contributed by atoms with E-state index < -0.39 is 0 Å². The first-order chi connectivity index (χ1) is 8.56. The van der Waals surface area contributed by atoms with Crippen LogP contribution in [0.15, 0.2) is 11.1 Å². The second kappa shape index (κ2) is 7.00. The summed E-state index contributed by atoms with van der Waals surface area (Å²) in [6, 6.07) is 0. The second-order valence-electron chi connectivity index (χ2n) is 4.61. The third kappa shape index (κ3) is 4.03. The van der Waals surface area contributed by atoms with Crippen molar-refractivity contribution in [3.8, 4) is 5.75 Å². The van der Waals surface area contributed by atoms with Gasteiger partial charge in [0.1, 0.15) is 0 Å². The highest BCUT2D eigenvalue weighted by molar-refractivity contribution is 5.49. The van der Waals surface area contributed by atoms with E-state index in [0.717, 1.165) is 19.6 Å². The van der Waals surface area contributed by atoms with Crippen molar-refractivity contribution in [1.29, 1.82) is 0 Å². The van der Waals surface area contributed by atoms with Gasteiger partial charge in [-0.1, -0.05) is 13.8 Å². The van der Waals surface area contributed by atoms with Crippen LogP contribution in [0.3, 0.4) is 0 Å². The molecule has 0 unspecified atom stereocenters. The minimum atomic E-state index is -0.260. The van der Waals surface area contributed by atoms with Crippen LogP contribution in [-0.2, 0) is 0 Å². The highest BCUT2D eigenvalue weighted by Gasteiger charge is 2.12. The highest BCUT2D eigenvalue weighted by atomic mass is 16.5. The zero-order chi connectivity index (χ0) is 13.5. The summed E-state index contributed by atoms with van der Waals surface area (Å²) in [6.45, 7) is 6.91. The van der Waals surface area contributed by atoms with E-state index in [2.05, 4.69) is 29.1 Å². The summed E-state index contributed by atoms with van der Waals surface area (Å²) < 4.78 is 5.07. The summed E-state index contributed by atoms with van der Waals surface area (Å²) >= 11 is 0. The van der Waals surface area contributed by atoms with E-state index in [0.29, 0.717) is 11.7 Å². The molecule has 0 amide bonds. The lowest BCUT2D eigenvalue weighted by atomic mass is 10.2. The molecule has 0 radical (unpaired) electrons. The minimum Gasteiger partial charge on any atom is -0.489 e. The molecule has 0 aliphatic heterocycles. The Morgan fingerprint density at radius 3 is 2.89 bits per heavy atom. The van der Waals surface area contributed by atoms with Crippen LogP contribution in [0.1, 0.15) is 13.8 Å². The quantitative estimate of drug-likeness (QED) is 0.692. The molecule has 0 aliphatic rings.